The maximum Gasteiger partial charge on any atom is 0.282 e. The molecule has 1 aliphatic heterocycles. The van der Waals surface area contributed by atoms with Gasteiger partial charge in [0.1, 0.15) is 5.57 Å². The molecule has 1 fully saturated rings. The fourth-order valence-electron chi connectivity index (χ4n) is 2.62. The van der Waals surface area contributed by atoms with Crippen molar-refractivity contribution in [3.05, 3.63) is 57.6 Å². The van der Waals surface area contributed by atoms with Crippen molar-refractivity contribution in [1.29, 1.82) is 0 Å². The highest BCUT2D eigenvalue weighted by Gasteiger charge is 2.35. The number of para-hydroxylation sites is 1. The number of nitrogens with one attached hydrogen (secondary N) is 1. The molecule has 8 heteroatoms. The number of halogens is 2. The van der Waals surface area contributed by atoms with Gasteiger partial charge in [-0.1, -0.05) is 35.3 Å². The minimum Gasteiger partial charge on any atom is -0.493 e. The lowest BCUT2D eigenvalue weighted by Gasteiger charge is -2.15. The molecule has 0 spiro atoms. The fourth-order valence-corrected chi connectivity index (χ4v) is 2.92. The van der Waals surface area contributed by atoms with Gasteiger partial charge in [0.15, 0.2) is 11.5 Å². The van der Waals surface area contributed by atoms with E-state index in [1.807, 2.05) is 6.92 Å². The number of nitrogens with zero attached hydrogens (tertiary/aromatic N) is 1. The van der Waals surface area contributed by atoms with Crippen LogP contribution in [-0.2, 0) is 9.59 Å². The van der Waals surface area contributed by atoms with Gasteiger partial charge in [0, 0.05) is 5.56 Å². The highest BCUT2D eigenvalue weighted by Crippen LogP contribution is 2.34. The lowest BCUT2D eigenvalue weighted by Crippen LogP contribution is -2.35. The molecule has 0 unspecified atom stereocenters. The molecule has 27 heavy (non-hydrogen) atoms. The smallest absolute Gasteiger partial charge is 0.282 e. The van der Waals surface area contributed by atoms with Crippen LogP contribution >= 0.6 is 23.2 Å². The van der Waals surface area contributed by atoms with Crippen LogP contribution in [0.4, 0.5) is 5.69 Å². The molecule has 1 heterocycles. The minimum atomic E-state index is -0.531. The van der Waals surface area contributed by atoms with Gasteiger partial charge < -0.3 is 9.47 Å². The molecule has 0 aliphatic carbocycles. The Morgan fingerprint density at radius 3 is 2.59 bits per heavy atom. The number of hydrazine groups is 1. The zero-order chi connectivity index (χ0) is 19.6. The Bertz CT molecular complexity index is 943. The van der Waals surface area contributed by atoms with Gasteiger partial charge in [-0.3, -0.25) is 15.0 Å². The van der Waals surface area contributed by atoms with E-state index in [1.54, 1.807) is 30.3 Å². The van der Waals surface area contributed by atoms with E-state index in [4.69, 9.17) is 32.7 Å². The maximum absolute atomic E-state index is 12.8. The van der Waals surface area contributed by atoms with Crippen LogP contribution in [0.15, 0.2) is 42.0 Å². The van der Waals surface area contributed by atoms with Crippen molar-refractivity contribution in [1.82, 2.24) is 5.43 Å². The van der Waals surface area contributed by atoms with Crippen LogP contribution in [0.25, 0.3) is 6.08 Å². The van der Waals surface area contributed by atoms with Crippen LogP contribution in [0.1, 0.15) is 12.5 Å². The van der Waals surface area contributed by atoms with Crippen molar-refractivity contribution in [2.75, 3.05) is 18.7 Å². The Morgan fingerprint density at radius 1 is 1.15 bits per heavy atom. The van der Waals surface area contributed by atoms with Gasteiger partial charge in [0.25, 0.3) is 11.8 Å². The summed E-state index contributed by atoms with van der Waals surface area (Å²) in [6.45, 7) is 2.24. The van der Waals surface area contributed by atoms with Crippen molar-refractivity contribution in [2.24, 2.45) is 0 Å². The van der Waals surface area contributed by atoms with Crippen molar-refractivity contribution in [3.63, 3.8) is 0 Å². The normalized spacial score (nSPS) is 15.3. The third-order valence-corrected chi connectivity index (χ3v) is 4.61. The molecule has 6 nitrogen and oxygen atoms in total. The SMILES string of the molecule is CCOc1c(C=C2C(=O)NN(c3ccc(Cl)c(Cl)c3)C2=O)cccc1OC. The molecular weight excluding hydrogens is 391 g/mol. The molecule has 3 rings (SSSR count). The molecule has 2 aromatic rings. The quantitative estimate of drug-likeness (QED) is 0.604. The van der Waals surface area contributed by atoms with Crippen molar-refractivity contribution >= 4 is 46.8 Å². The summed E-state index contributed by atoms with van der Waals surface area (Å²) < 4.78 is 10.9. The number of hydrogen-bond donors (Lipinski definition) is 1. The third-order valence-electron chi connectivity index (χ3n) is 3.87. The van der Waals surface area contributed by atoms with Gasteiger partial charge in [-0.2, -0.15) is 0 Å². The van der Waals surface area contributed by atoms with Gasteiger partial charge in [0.2, 0.25) is 0 Å². The average molecular weight is 407 g/mol. The number of ether oxygens (including phenoxy) is 2. The Balaban J connectivity index is 1.99. The van der Waals surface area contributed by atoms with Crippen LogP contribution in [0, 0.1) is 0 Å². The maximum atomic E-state index is 12.8. The average Bonchev–Trinajstić information content (AvgIpc) is 2.93. The molecule has 1 saturated heterocycles. The summed E-state index contributed by atoms with van der Waals surface area (Å²) in [5.74, 6) is -0.0676. The summed E-state index contributed by atoms with van der Waals surface area (Å²) in [4.78, 5) is 25.1. The number of carbonyl (C=O) groups excluding carboxylic acids is 2. The summed E-state index contributed by atoms with van der Waals surface area (Å²) in [7, 11) is 1.52. The zero-order valence-corrected chi connectivity index (χ0v) is 16.1. The molecule has 2 amide bonds. The lowest BCUT2D eigenvalue weighted by molar-refractivity contribution is -0.117. The van der Waals surface area contributed by atoms with Crippen LogP contribution in [0.2, 0.25) is 10.0 Å². The van der Waals surface area contributed by atoms with E-state index in [9.17, 15) is 9.59 Å². The molecular formula is C19H16Cl2N2O4. The van der Waals surface area contributed by atoms with E-state index in [2.05, 4.69) is 5.43 Å². The van der Waals surface area contributed by atoms with Gasteiger partial charge >= 0.3 is 0 Å². The molecule has 1 aliphatic rings. The molecule has 1 N–H and O–H groups in total. The summed E-state index contributed by atoms with van der Waals surface area (Å²) in [5.41, 5.74) is 3.45. The predicted octanol–water partition coefficient (Wildman–Crippen LogP) is 3.86. The van der Waals surface area contributed by atoms with Gasteiger partial charge in [-0.15, -0.1) is 0 Å². The zero-order valence-electron chi connectivity index (χ0n) is 14.6. The monoisotopic (exact) mass is 406 g/mol. The number of hydrogen-bond acceptors (Lipinski definition) is 4. The molecule has 2 aromatic carbocycles. The van der Waals surface area contributed by atoms with Gasteiger partial charge in [0.05, 0.1) is 29.4 Å². The molecule has 0 saturated carbocycles. The Hall–Kier alpha value is -2.70. The fraction of sp³-hybridized carbons (Fsp3) is 0.158. The molecule has 0 bridgehead atoms. The van der Waals surface area contributed by atoms with E-state index in [0.717, 1.165) is 5.01 Å². The number of anilines is 1. The Labute approximate surface area is 166 Å². The second kappa shape index (κ2) is 7.90. The van der Waals surface area contributed by atoms with Crippen molar-refractivity contribution in [3.8, 4) is 11.5 Å². The number of carbonyl (C=O) groups is 2. The molecule has 0 aromatic heterocycles. The van der Waals surface area contributed by atoms with Crippen LogP contribution in [0.3, 0.4) is 0 Å². The van der Waals surface area contributed by atoms with E-state index < -0.39 is 11.8 Å². The molecule has 0 radical (unpaired) electrons. The van der Waals surface area contributed by atoms with E-state index in [0.29, 0.717) is 34.4 Å². The van der Waals surface area contributed by atoms with E-state index in [-0.39, 0.29) is 10.6 Å². The van der Waals surface area contributed by atoms with E-state index in [1.165, 1.54) is 19.3 Å². The second-order valence-corrected chi connectivity index (χ2v) is 6.36. The Morgan fingerprint density at radius 2 is 1.93 bits per heavy atom. The predicted molar refractivity (Wildman–Crippen MR) is 104 cm³/mol. The number of benzene rings is 2. The lowest BCUT2D eigenvalue weighted by atomic mass is 10.1. The summed E-state index contributed by atoms with van der Waals surface area (Å²) >= 11 is 11.9. The molecule has 140 valence electrons. The van der Waals surface area contributed by atoms with Crippen LogP contribution in [0.5, 0.6) is 11.5 Å². The van der Waals surface area contributed by atoms with Crippen LogP contribution in [-0.4, -0.2) is 25.5 Å². The summed E-state index contributed by atoms with van der Waals surface area (Å²) in [5, 5.41) is 1.75. The summed E-state index contributed by atoms with van der Waals surface area (Å²) in [6, 6.07) is 9.88. The van der Waals surface area contributed by atoms with Crippen molar-refractivity contribution in [2.45, 2.75) is 6.92 Å². The largest absolute Gasteiger partial charge is 0.493 e. The molecule has 0 atom stereocenters. The first-order valence-corrected chi connectivity index (χ1v) is 8.83. The first-order valence-electron chi connectivity index (χ1n) is 8.08. The highest BCUT2D eigenvalue weighted by atomic mass is 35.5. The first-order chi connectivity index (χ1) is 13.0. The third kappa shape index (κ3) is 3.72. The number of methoxy groups -OCH3 is 1. The second-order valence-electron chi connectivity index (χ2n) is 5.55. The standard InChI is InChI=1S/C19H16Cl2N2O4/c1-3-27-17-11(5-4-6-16(17)26-2)9-13-18(24)22-23(19(13)25)12-7-8-14(20)15(21)10-12/h4-10H,3H2,1-2H3,(H,22,24). The topological polar surface area (TPSA) is 67.9 Å². The number of amides is 2. The first kappa shape index (κ1) is 19.1. The van der Waals surface area contributed by atoms with E-state index >= 15 is 0 Å². The highest BCUT2D eigenvalue weighted by molar-refractivity contribution is 6.42. The minimum absolute atomic E-state index is 0.0321. The van der Waals surface area contributed by atoms with Crippen molar-refractivity contribution < 1.29 is 19.1 Å². The van der Waals surface area contributed by atoms with Gasteiger partial charge in [-0.05, 0) is 37.3 Å². The summed E-state index contributed by atoms with van der Waals surface area (Å²) in [6.07, 6.45) is 1.47. The number of rotatable bonds is 5. The van der Waals surface area contributed by atoms with Gasteiger partial charge in [-0.25, -0.2) is 5.01 Å². The van der Waals surface area contributed by atoms with Crippen LogP contribution < -0.4 is 19.9 Å². The Kier molecular flexibility index (Phi) is 5.58.